The third-order valence-corrected chi connectivity index (χ3v) is 6.89. The molecule has 29 heavy (non-hydrogen) atoms. The number of amides is 1. The predicted molar refractivity (Wildman–Crippen MR) is 119 cm³/mol. The van der Waals surface area contributed by atoms with E-state index in [0.717, 1.165) is 58.7 Å². The number of nitrogens with zero attached hydrogens (tertiary/aromatic N) is 3. The normalized spacial score (nSPS) is 20.3. The minimum atomic E-state index is -0.333. The molecular weight excluding hydrogens is 386 g/mol. The van der Waals surface area contributed by atoms with E-state index in [1.807, 2.05) is 0 Å². The number of Topliss-reactive ketones (excluding diaryl/α,β-unsaturated/α-hetero) is 1. The molecule has 1 amide bonds. The highest BCUT2D eigenvalue weighted by atomic mass is 35.5. The summed E-state index contributed by atoms with van der Waals surface area (Å²) in [6.07, 6.45) is 7.09. The minimum absolute atomic E-state index is 0. The Bertz CT molecular complexity index is 723. The molecule has 0 aromatic heterocycles. The zero-order chi connectivity index (χ0) is 19.5. The van der Waals surface area contributed by atoms with Crippen molar-refractivity contribution in [2.45, 2.75) is 45.4 Å². The summed E-state index contributed by atoms with van der Waals surface area (Å²) in [6.45, 7) is 8.57. The molecule has 5 nitrogen and oxygen atoms in total. The second-order valence-corrected chi connectivity index (χ2v) is 8.68. The summed E-state index contributed by atoms with van der Waals surface area (Å²) in [5, 5.41) is 0. The predicted octanol–water partition coefficient (Wildman–Crippen LogP) is 2.94. The van der Waals surface area contributed by atoms with Crippen LogP contribution in [-0.4, -0.2) is 67.3 Å². The lowest BCUT2D eigenvalue weighted by atomic mass is 9.93. The van der Waals surface area contributed by atoms with Gasteiger partial charge in [-0.05, 0) is 68.2 Å². The fraction of sp³-hybridized carbons (Fsp3) is 0.652. The average molecular weight is 420 g/mol. The standard InChI is InChI=1S/C23H33N3O2.ClH/c1-18(27)23(28)26-12-9-19(10-13-26)8-11-24-14-16-25(17-15-24)22-7-3-5-20-4-2-6-21(20)22;/h3,5,7,19H,2,4,6,8-17H2,1H3;1H. The molecule has 1 aromatic carbocycles. The molecule has 4 rings (SSSR count). The van der Waals surface area contributed by atoms with Crippen LogP contribution in [0.3, 0.4) is 0 Å². The quantitative estimate of drug-likeness (QED) is 0.688. The fourth-order valence-corrected chi connectivity index (χ4v) is 5.12. The number of anilines is 1. The third-order valence-electron chi connectivity index (χ3n) is 6.89. The molecule has 0 atom stereocenters. The second kappa shape index (κ2) is 9.94. The van der Waals surface area contributed by atoms with E-state index >= 15 is 0 Å². The molecule has 0 unspecified atom stereocenters. The van der Waals surface area contributed by atoms with Crippen LogP contribution in [0.15, 0.2) is 18.2 Å². The summed E-state index contributed by atoms with van der Waals surface area (Å²) in [5.41, 5.74) is 4.65. The Morgan fingerprint density at radius 2 is 1.72 bits per heavy atom. The number of aryl methyl sites for hydroxylation is 1. The SMILES string of the molecule is CC(=O)C(=O)N1CCC(CCN2CCN(c3cccc4c3CCC4)CC2)CC1.Cl. The van der Waals surface area contributed by atoms with Crippen molar-refractivity contribution >= 4 is 29.8 Å². The number of carbonyl (C=O) groups excluding carboxylic acids is 2. The largest absolute Gasteiger partial charge is 0.369 e. The van der Waals surface area contributed by atoms with Gasteiger partial charge in [0.05, 0.1) is 0 Å². The molecule has 2 heterocycles. The van der Waals surface area contributed by atoms with E-state index in [-0.39, 0.29) is 24.1 Å². The highest BCUT2D eigenvalue weighted by Gasteiger charge is 2.26. The van der Waals surface area contributed by atoms with Gasteiger partial charge in [0.2, 0.25) is 5.78 Å². The van der Waals surface area contributed by atoms with Crippen LogP contribution < -0.4 is 4.90 Å². The molecule has 3 aliphatic rings. The van der Waals surface area contributed by atoms with Crippen molar-refractivity contribution in [3.63, 3.8) is 0 Å². The number of piperazine rings is 1. The number of fused-ring (bicyclic) bond motifs is 1. The molecule has 0 bridgehead atoms. The summed E-state index contributed by atoms with van der Waals surface area (Å²) < 4.78 is 0. The Balaban J connectivity index is 0.00000240. The van der Waals surface area contributed by atoms with Crippen molar-refractivity contribution in [1.29, 1.82) is 0 Å². The summed E-state index contributed by atoms with van der Waals surface area (Å²) in [7, 11) is 0. The Hall–Kier alpha value is -1.59. The van der Waals surface area contributed by atoms with Gasteiger partial charge in [0.1, 0.15) is 0 Å². The number of ketones is 1. The van der Waals surface area contributed by atoms with Crippen LogP contribution in [0.25, 0.3) is 0 Å². The molecule has 0 spiro atoms. The summed E-state index contributed by atoms with van der Waals surface area (Å²) in [4.78, 5) is 30.0. The third kappa shape index (κ3) is 5.13. The lowest BCUT2D eigenvalue weighted by Gasteiger charge is -2.38. The van der Waals surface area contributed by atoms with Crippen LogP contribution in [-0.2, 0) is 22.4 Å². The van der Waals surface area contributed by atoms with Crippen molar-refractivity contribution in [3.8, 4) is 0 Å². The van der Waals surface area contributed by atoms with Gasteiger partial charge in [0.25, 0.3) is 5.91 Å². The van der Waals surface area contributed by atoms with Gasteiger partial charge >= 0.3 is 0 Å². The van der Waals surface area contributed by atoms with Crippen LogP contribution in [0.1, 0.15) is 43.7 Å². The number of halogens is 1. The maximum absolute atomic E-state index is 11.8. The number of benzene rings is 1. The van der Waals surface area contributed by atoms with Crippen LogP contribution in [0.2, 0.25) is 0 Å². The zero-order valence-electron chi connectivity index (χ0n) is 17.6. The van der Waals surface area contributed by atoms with Gasteiger partial charge in [-0.1, -0.05) is 12.1 Å². The Morgan fingerprint density at radius 3 is 2.41 bits per heavy atom. The van der Waals surface area contributed by atoms with Gasteiger partial charge in [-0.2, -0.15) is 0 Å². The van der Waals surface area contributed by atoms with E-state index in [0.29, 0.717) is 5.92 Å². The summed E-state index contributed by atoms with van der Waals surface area (Å²) >= 11 is 0. The van der Waals surface area contributed by atoms with Crippen molar-refractivity contribution in [1.82, 2.24) is 9.80 Å². The highest BCUT2D eigenvalue weighted by molar-refractivity contribution is 6.35. The van der Waals surface area contributed by atoms with E-state index < -0.39 is 0 Å². The maximum atomic E-state index is 11.8. The fourth-order valence-electron chi connectivity index (χ4n) is 5.12. The number of likely N-dealkylation sites (tertiary alicyclic amines) is 1. The molecule has 0 N–H and O–H groups in total. The first kappa shape index (κ1) is 22.1. The molecule has 160 valence electrons. The lowest BCUT2D eigenvalue weighted by molar-refractivity contribution is -0.144. The summed E-state index contributed by atoms with van der Waals surface area (Å²) in [6, 6.07) is 6.85. The number of rotatable bonds is 5. The van der Waals surface area contributed by atoms with Crippen LogP contribution >= 0.6 is 12.4 Å². The monoisotopic (exact) mass is 419 g/mol. The Morgan fingerprint density at radius 1 is 1.00 bits per heavy atom. The molecule has 6 heteroatoms. The minimum Gasteiger partial charge on any atom is -0.369 e. The molecule has 2 fully saturated rings. The van der Waals surface area contributed by atoms with Crippen molar-refractivity contribution < 1.29 is 9.59 Å². The number of hydrogen-bond donors (Lipinski definition) is 0. The molecule has 0 radical (unpaired) electrons. The van der Waals surface area contributed by atoms with Gasteiger partial charge in [0, 0.05) is 51.9 Å². The van der Waals surface area contributed by atoms with E-state index in [4.69, 9.17) is 0 Å². The van der Waals surface area contributed by atoms with E-state index in [1.165, 1.54) is 38.3 Å². The molecule has 0 saturated carbocycles. The molecule has 2 saturated heterocycles. The van der Waals surface area contributed by atoms with Crippen molar-refractivity contribution in [3.05, 3.63) is 29.3 Å². The van der Waals surface area contributed by atoms with Crippen LogP contribution in [0.5, 0.6) is 0 Å². The van der Waals surface area contributed by atoms with E-state index in [1.54, 1.807) is 16.0 Å². The van der Waals surface area contributed by atoms with Crippen LogP contribution in [0, 0.1) is 5.92 Å². The van der Waals surface area contributed by atoms with Crippen molar-refractivity contribution in [2.24, 2.45) is 5.92 Å². The van der Waals surface area contributed by atoms with E-state index in [9.17, 15) is 9.59 Å². The topological polar surface area (TPSA) is 43.9 Å². The van der Waals surface area contributed by atoms with Crippen molar-refractivity contribution in [2.75, 3.05) is 50.7 Å². The second-order valence-electron chi connectivity index (χ2n) is 8.68. The van der Waals surface area contributed by atoms with Gasteiger partial charge in [-0.3, -0.25) is 14.5 Å². The number of piperidine rings is 1. The first-order chi connectivity index (χ1) is 13.6. The Labute approximate surface area is 180 Å². The molecule has 1 aromatic rings. The van der Waals surface area contributed by atoms with Gasteiger partial charge in [0.15, 0.2) is 0 Å². The highest BCUT2D eigenvalue weighted by Crippen LogP contribution is 2.32. The average Bonchev–Trinajstić information content (AvgIpc) is 3.21. The number of carbonyl (C=O) groups is 2. The maximum Gasteiger partial charge on any atom is 0.289 e. The van der Waals surface area contributed by atoms with E-state index in [2.05, 4.69) is 28.0 Å². The Kier molecular flexibility index (Phi) is 7.58. The zero-order valence-corrected chi connectivity index (χ0v) is 18.4. The van der Waals surface area contributed by atoms with Crippen LogP contribution in [0.4, 0.5) is 5.69 Å². The van der Waals surface area contributed by atoms with Gasteiger partial charge in [-0.15, -0.1) is 12.4 Å². The molecular formula is C23H34ClN3O2. The lowest BCUT2D eigenvalue weighted by Crippen LogP contribution is -2.47. The smallest absolute Gasteiger partial charge is 0.289 e. The summed E-state index contributed by atoms with van der Waals surface area (Å²) in [5.74, 6) is 0.0498. The molecule has 1 aliphatic carbocycles. The number of hydrogen-bond acceptors (Lipinski definition) is 4. The molecule has 2 aliphatic heterocycles. The first-order valence-corrected chi connectivity index (χ1v) is 11.0. The van der Waals surface area contributed by atoms with Gasteiger partial charge in [-0.25, -0.2) is 0 Å². The van der Waals surface area contributed by atoms with Gasteiger partial charge < -0.3 is 9.80 Å². The first-order valence-electron chi connectivity index (χ1n) is 11.0.